The molecule has 0 aromatic carbocycles. The molecule has 0 aromatic heterocycles. The van der Waals surface area contributed by atoms with Gasteiger partial charge in [0.25, 0.3) is 0 Å². The van der Waals surface area contributed by atoms with Crippen LogP contribution in [0.1, 0.15) is 20.3 Å². The van der Waals surface area contributed by atoms with Crippen molar-refractivity contribution in [3.05, 3.63) is 6.92 Å². The SMILES string of the molecule is [CH2]CC(=O)OC(C)C(=O)OCC. The molecule has 0 fully saturated rings. The van der Waals surface area contributed by atoms with E-state index in [1.807, 2.05) is 0 Å². The Morgan fingerprint density at radius 2 is 2.08 bits per heavy atom. The molecule has 1 atom stereocenters. The van der Waals surface area contributed by atoms with Crippen molar-refractivity contribution in [3.8, 4) is 0 Å². The van der Waals surface area contributed by atoms with Crippen LogP contribution in [0.5, 0.6) is 0 Å². The first-order chi connectivity index (χ1) is 5.61. The van der Waals surface area contributed by atoms with Crippen LogP contribution in [-0.4, -0.2) is 24.6 Å². The summed E-state index contributed by atoms with van der Waals surface area (Å²) in [6, 6.07) is 0. The van der Waals surface area contributed by atoms with E-state index in [0.29, 0.717) is 0 Å². The summed E-state index contributed by atoms with van der Waals surface area (Å²) in [4.78, 5) is 21.5. The number of ether oxygens (including phenoxy) is 2. The van der Waals surface area contributed by atoms with Crippen LogP contribution >= 0.6 is 0 Å². The van der Waals surface area contributed by atoms with E-state index in [1.54, 1.807) is 6.92 Å². The second kappa shape index (κ2) is 5.57. The predicted molar refractivity (Wildman–Crippen MR) is 42.2 cm³/mol. The molecule has 1 radical (unpaired) electrons. The van der Waals surface area contributed by atoms with Crippen molar-refractivity contribution in [2.24, 2.45) is 0 Å². The first-order valence-electron chi connectivity index (χ1n) is 3.77. The van der Waals surface area contributed by atoms with Crippen molar-refractivity contribution in [2.45, 2.75) is 26.4 Å². The molecule has 0 saturated heterocycles. The monoisotopic (exact) mass is 173 g/mol. The minimum Gasteiger partial charge on any atom is -0.463 e. The second-order valence-electron chi connectivity index (χ2n) is 2.13. The van der Waals surface area contributed by atoms with Crippen molar-refractivity contribution >= 4 is 11.9 Å². The van der Waals surface area contributed by atoms with Crippen LogP contribution in [0.3, 0.4) is 0 Å². The molecule has 0 aromatic rings. The van der Waals surface area contributed by atoms with Gasteiger partial charge < -0.3 is 9.47 Å². The summed E-state index contributed by atoms with van der Waals surface area (Å²) < 4.78 is 9.25. The number of carbonyl (C=O) groups is 2. The third-order valence-electron chi connectivity index (χ3n) is 1.13. The van der Waals surface area contributed by atoms with E-state index in [-0.39, 0.29) is 13.0 Å². The molecule has 0 aliphatic heterocycles. The van der Waals surface area contributed by atoms with Gasteiger partial charge in [-0.3, -0.25) is 4.79 Å². The molecule has 0 saturated carbocycles. The summed E-state index contributed by atoms with van der Waals surface area (Å²) in [6.45, 7) is 6.75. The van der Waals surface area contributed by atoms with Gasteiger partial charge in [0.1, 0.15) is 0 Å². The second-order valence-corrected chi connectivity index (χ2v) is 2.13. The van der Waals surface area contributed by atoms with E-state index >= 15 is 0 Å². The predicted octanol–water partition coefficient (Wildman–Crippen LogP) is 0.705. The molecule has 69 valence electrons. The van der Waals surface area contributed by atoms with Crippen LogP contribution in [-0.2, 0) is 19.1 Å². The topological polar surface area (TPSA) is 52.6 Å². The van der Waals surface area contributed by atoms with E-state index in [0.717, 1.165) is 0 Å². The van der Waals surface area contributed by atoms with Gasteiger partial charge in [-0.05, 0) is 20.8 Å². The van der Waals surface area contributed by atoms with Crippen LogP contribution < -0.4 is 0 Å². The van der Waals surface area contributed by atoms with Gasteiger partial charge in [0.15, 0.2) is 6.10 Å². The maximum Gasteiger partial charge on any atom is 0.347 e. The summed E-state index contributed by atoms with van der Waals surface area (Å²) >= 11 is 0. The van der Waals surface area contributed by atoms with E-state index < -0.39 is 18.0 Å². The Morgan fingerprint density at radius 1 is 1.50 bits per heavy atom. The first-order valence-corrected chi connectivity index (χ1v) is 3.77. The zero-order valence-electron chi connectivity index (χ0n) is 7.33. The Bertz CT molecular complexity index is 164. The Labute approximate surface area is 71.8 Å². The van der Waals surface area contributed by atoms with Gasteiger partial charge in [0, 0.05) is 6.42 Å². The summed E-state index contributed by atoms with van der Waals surface area (Å²) in [5, 5.41) is 0. The summed E-state index contributed by atoms with van der Waals surface area (Å²) in [5.74, 6) is -1.03. The molecule has 0 bridgehead atoms. The maximum absolute atomic E-state index is 10.9. The molecule has 1 unspecified atom stereocenters. The molecule has 0 spiro atoms. The van der Waals surface area contributed by atoms with E-state index in [2.05, 4.69) is 16.4 Å². The molecule has 0 aliphatic rings. The highest BCUT2D eigenvalue weighted by Crippen LogP contribution is 1.96. The number of esters is 2. The fourth-order valence-corrected chi connectivity index (χ4v) is 0.564. The van der Waals surface area contributed by atoms with Crippen LogP contribution in [0.4, 0.5) is 0 Å². The van der Waals surface area contributed by atoms with Crippen LogP contribution in [0.15, 0.2) is 0 Å². The van der Waals surface area contributed by atoms with Gasteiger partial charge in [-0.15, -0.1) is 0 Å². The minimum atomic E-state index is -0.834. The lowest BCUT2D eigenvalue weighted by molar-refractivity contribution is -0.165. The highest BCUT2D eigenvalue weighted by molar-refractivity contribution is 5.79. The van der Waals surface area contributed by atoms with Crippen molar-refractivity contribution in [3.63, 3.8) is 0 Å². The number of hydrogen-bond donors (Lipinski definition) is 0. The Kier molecular flexibility index (Phi) is 5.08. The lowest BCUT2D eigenvalue weighted by atomic mass is 10.4. The Hall–Kier alpha value is -1.06. The van der Waals surface area contributed by atoms with E-state index in [1.165, 1.54) is 6.92 Å². The minimum absolute atomic E-state index is 0.0176. The lowest BCUT2D eigenvalue weighted by Gasteiger charge is -2.10. The van der Waals surface area contributed by atoms with Crippen molar-refractivity contribution < 1.29 is 19.1 Å². The normalized spacial score (nSPS) is 11.9. The number of hydrogen-bond acceptors (Lipinski definition) is 4. The average Bonchev–Trinajstić information content (AvgIpc) is 2.04. The molecule has 0 rings (SSSR count). The fourth-order valence-electron chi connectivity index (χ4n) is 0.564. The maximum atomic E-state index is 10.9. The number of carbonyl (C=O) groups excluding carboxylic acids is 2. The van der Waals surface area contributed by atoms with E-state index in [4.69, 9.17) is 0 Å². The van der Waals surface area contributed by atoms with Gasteiger partial charge in [-0.2, -0.15) is 0 Å². The molecule has 12 heavy (non-hydrogen) atoms. The van der Waals surface area contributed by atoms with Crippen LogP contribution in [0.2, 0.25) is 0 Å². The third kappa shape index (κ3) is 3.95. The number of rotatable bonds is 4. The first kappa shape index (κ1) is 10.9. The molecule has 4 nitrogen and oxygen atoms in total. The Balaban J connectivity index is 3.78. The summed E-state index contributed by atoms with van der Waals surface area (Å²) in [5.41, 5.74) is 0. The van der Waals surface area contributed by atoms with Crippen LogP contribution in [0.25, 0.3) is 0 Å². The molecule has 0 amide bonds. The summed E-state index contributed by atoms with van der Waals surface area (Å²) in [6.07, 6.45) is -0.816. The standard InChI is InChI=1S/C8H13O4/c1-4-7(9)12-6(3)8(10)11-5-2/h6H,1,4-5H2,2-3H3. The zero-order chi connectivity index (χ0) is 9.56. The van der Waals surface area contributed by atoms with Crippen LogP contribution in [0, 0.1) is 6.92 Å². The molecule has 4 heteroatoms. The fraction of sp³-hybridized carbons (Fsp3) is 0.625. The van der Waals surface area contributed by atoms with E-state index in [9.17, 15) is 9.59 Å². The van der Waals surface area contributed by atoms with Crippen molar-refractivity contribution in [2.75, 3.05) is 6.61 Å². The van der Waals surface area contributed by atoms with Gasteiger partial charge in [0.05, 0.1) is 6.61 Å². The third-order valence-corrected chi connectivity index (χ3v) is 1.13. The van der Waals surface area contributed by atoms with Gasteiger partial charge in [0.2, 0.25) is 0 Å². The van der Waals surface area contributed by atoms with Crippen molar-refractivity contribution in [1.82, 2.24) is 0 Å². The molecular formula is C8H13O4. The molecular weight excluding hydrogens is 160 g/mol. The van der Waals surface area contributed by atoms with Gasteiger partial charge in [-0.25, -0.2) is 4.79 Å². The summed E-state index contributed by atoms with van der Waals surface area (Å²) in [7, 11) is 0. The molecule has 0 aliphatic carbocycles. The smallest absolute Gasteiger partial charge is 0.347 e. The molecule has 0 heterocycles. The average molecular weight is 173 g/mol. The van der Waals surface area contributed by atoms with Gasteiger partial charge >= 0.3 is 11.9 Å². The van der Waals surface area contributed by atoms with Gasteiger partial charge in [-0.1, -0.05) is 0 Å². The highest BCUT2D eigenvalue weighted by Gasteiger charge is 2.17. The lowest BCUT2D eigenvalue weighted by Crippen LogP contribution is -2.25. The zero-order valence-corrected chi connectivity index (χ0v) is 7.33. The van der Waals surface area contributed by atoms with Crippen molar-refractivity contribution in [1.29, 1.82) is 0 Å². The largest absolute Gasteiger partial charge is 0.463 e. The molecule has 0 N–H and O–H groups in total. The quantitative estimate of drug-likeness (QED) is 0.587. The highest BCUT2D eigenvalue weighted by atomic mass is 16.6. The Morgan fingerprint density at radius 3 is 2.50 bits per heavy atom.